The van der Waals surface area contributed by atoms with E-state index in [0.29, 0.717) is 0 Å². The van der Waals surface area contributed by atoms with Gasteiger partial charge in [0.05, 0.1) is 5.56 Å². The summed E-state index contributed by atoms with van der Waals surface area (Å²) in [5.74, 6) is -3.13. The van der Waals surface area contributed by atoms with Crippen molar-refractivity contribution < 1.29 is 19.4 Å². The number of carbonyl (C=O) groups is 1. The number of pyridine rings is 1. The number of aromatic nitrogens is 1. The number of aromatic hydroxyl groups is 2. The van der Waals surface area contributed by atoms with Gasteiger partial charge >= 0.3 is 0 Å². The van der Waals surface area contributed by atoms with Crippen molar-refractivity contribution >= 4 is 5.78 Å². The number of rotatable bonds is 1. The summed E-state index contributed by atoms with van der Waals surface area (Å²) in [5, 5.41) is 17.6. The minimum atomic E-state index is -1.03. The lowest BCUT2D eigenvalue weighted by molar-refractivity contribution is 0.101. The van der Waals surface area contributed by atoms with E-state index in [1.54, 1.807) is 0 Å². The highest BCUT2D eigenvalue weighted by molar-refractivity contribution is 5.96. The van der Waals surface area contributed by atoms with Crippen molar-refractivity contribution in [2.45, 2.75) is 6.92 Å². The van der Waals surface area contributed by atoms with Crippen LogP contribution >= 0.6 is 0 Å². The number of nitrogens with zero attached hydrogens (tertiary/aromatic N) is 1. The van der Waals surface area contributed by atoms with Gasteiger partial charge in [0.2, 0.25) is 5.88 Å². The van der Waals surface area contributed by atoms with Crippen molar-refractivity contribution in [1.29, 1.82) is 0 Å². The van der Waals surface area contributed by atoms with E-state index in [2.05, 4.69) is 4.98 Å². The van der Waals surface area contributed by atoms with E-state index in [4.69, 9.17) is 10.2 Å². The van der Waals surface area contributed by atoms with E-state index in [-0.39, 0.29) is 5.56 Å². The standard InChI is InChI=1S/C7H6FNO3/c1-3(10)4-2-5(8)7(12)9-6(4)11/h2H,1H3,(H2,9,11,12). The van der Waals surface area contributed by atoms with Crippen molar-refractivity contribution in [3.8, 4) is 11.8 Å². The van der Waals surface area contributed by atoms with Crippen molar-refractivity contribution in [2.24, 2.45) is 0 Å². The molecule has 0 amide bonds. The summed E-state index contributed by atoms with van der Waals surface area (Å²) in [7, 11) is 0. The average Bonchev–Trinajstić information content (AvgIpc) is 1.96. The Labute approximate surface area is 67.3 Å². The Kier molecular flexibility index (Phi) is 1.95. The first-order valence-electron chi connectivity index (χ1n) is 3.11. The lowest BCUT2D eigenvalue weighted by atomic mass is 10.2. The average molecular weight is 171 g/mol. The van der Waals surface area contributed by atoms with Crippen molar-refractivity contribution in [3.05, 3.63) is 17.4 Å². The molecule has 1 aromatic heterocycles. The fourth-order valence-corrected chi connectivity index (χ4v) is 0.729. The number of hydrogen-bond donors (Lipinski definition) is 2. The van der Waals surface area contributed by atoms with Gasteiger partial charge in [-0.1, -0.05) is 0 Å². The second-order valence-corrected chi connectivity index (χ2v) is 2.22. The van der Waals surface area contributed by atoms with Gasteiger partial charge in [0.25, 0.3) is 5.88 Å². The highest BCUT2D eigenvalue weighted by atomic mass is 19.1. The molecule has 0 unspecified atom stereocenters. The van der Waals surface area contributed by atoms with Crippen molar-refractivity contribution in [2.75, 3.05) is 0 Å². The number of halogens is 1. The number of hydrogen-bond acceptors (Lipinski definition) is 4. The van der Waals surface area contributed by atoms with Gasteiger partial charge in [-0.05, 0) is 13.0 Å². The third-order valence-electron chi connectivity index (χ3n) is 1.32. The van der Waals surface area contributed by atoms with Crippen LogP contribution in [0.1, 0.15) is 17.3 Å². The maximum Gasteiger partial charge on any atom is 0.251 e. The third-order valence-corrected chi connectivity index (χ3v) is 1.32. The summed E-state index contributed by atoms with van der Waals surface area (Å²) in [6, 6.07) is 0.736. The lowest BCUT2D eigenvalue weighted by Gasteiger charge is -1.99. The molecule has 2 N–H and O–H groups in total. The van der Waals surface area contributed by atoms with E-state index in [0.717, 1.165) is 13.0 Å². The zero-order valence-corrected chi connectivity index (χ0v) is 6.21. The maximum absolute atomic E-state index is 12.5. The predicted molar refractivity (Wildman–Crippen MR) is 37.5 cm³/mol. The van der Waals surface area contributed by atoms with E-state index in [9.17, 15) is 9.18 Å². The Morgan fingerprint density at radius 3 is 2.58 bits per heavy atom. The molecule has 1 aromatic rings. The SMILES string of the molecule is CC(=O)c1cc(F)c(O)nc1O. The van der Waals surface area contributed by atoms with Gasteiger partial charge < -0.3 is 10.2 Å². The normalized spacial score (nSPS) is 9.83. The van der Waals surface area contributed by atoms with Crippen LogP contribution in [-0.2, 0) is 0 Å². The first kappa shape index (κ1) is 8.45. The molecule has 5 heteroatoms. The molecule has 0 bridgehead atoms. The van der Waals surface area contributed by atoms with Gasteiger partial charge in [-0.15, -0.1) is 0 Å². The zero-order chi connectivity index (χ0) is 9.30. The molecule has 0 fully saturated rings. The van der Waals surface area contributed by atoms with Crippen LogP contribution in [0.3, 0.4) is 0 Å². The molecule has 0 saturated heterocycles. The Bertz CT molecular complexity index is 338. The van der Waals surface area contributed by atoms with Crippen LogP contribution in [0.25, 0.3) is 0 Å². The number of Topliss-reactive ketones (excluding diaryl/α,β-unsaturated/α-hetero) is 1. The number of ketones is 1. The van der Waals surface area contributed by atoms with Gasteiger partial charge in [0.15, 0.2) is 11.6 Å². The zero-order valence-electron chi connectivity index (χ0n) is 6.21. The van der Waals surface area contributed by atoms with E-state index < -0.39 is 23.4 Å². The molecule has 1 heterocycles. The summed E-state index contributed by atoms with van der Waals surface area (Å²) in [6.07, 6.45) is 0. The summed E-state index contributed by atoms with van der Waals surface area (Å²) in [5.41, 5.74) is -0.245. The number of carbonyl (C=O) groups excluding carboxylic acids is 1. The fraction of sp³-hybridized carbons (Fsp3) is 0.143. The van der Waals surface area contributed by atoms with E-state index in [1.165, 1.54) is 0 Å². The van der Waals surface area contributed by atoms with Crippen LogP contribution in [0, 0.1) is 5.82 Å². The Morgan fingerprint density at radius 1 is 1.50 bits per heavy atom. The van der Waals surface area contributed by atoms with Crippen LogP contribution in [0.4, 0.5) is 4.39 Å². The van der Waals surface area contributed by atoms with Gasteiger partial charge in [-0.25, -0.2) is 4.39 Å². The molecule has 0 radical (unpaired) electrons. The van der Waals surface area contributed by atoms with Crippen LogP contribution in [-0.4, -0.2) is 21.0 Å². The first-order chi connectivity index (χ1) is 5.52. The lowest BCUT2D eigenvalue weighted by Crippen LogP contribution is -1.96. The van der Waals surface area contributed by atoms with Crippen LogP contribution < -0.4 is 0 Å². The summed E-state index contributed by atoms with van der Waals surface area (Å²) < 4.78 is 12.5. The molecule has 0 atom stereocenters. The Balaban J connectivity index is 3.33. The third kappa shape index (κ3) is 1.34. The molecular formula is C7H6FNO3. The Hall–Kier alpha value is -1.65. The molecule has 0 aliphatic rings. The van der Waals surface area contributed by atoms with Crippen LogP contribution in [0.2, 0.25) is 0 Å². The quantitative estimate of drug-likeness (QED) is 0.614. The molecule has 0 aliphatic heterocycles. The summed E-state index contributed by atoms with van der Waals surface area (Å²) in [4.78, 5) is 13.7. The van der Waals surface area contributed by atoms with Gasteiger partial charge in [-0.3, -0.25) is 4.79 Å². The Morgan fingerprint density at radius 2 is 2.08 bits per heavy atom. The van der Waals surface area contributed by atoms with Crippen LogP contribution in [0.5, 0.6) is 11.8 Å². The van der Waals surface area contributed by atoms with Gasteiger partial charge in [0, 0.05) is 0 Å². The van der Waals surface area contributed by atoms with Gasteiger partial charge in [0.1, 0.15) is 0 Å². The molecule has 12 heavy (non-hydrogen) atoms. The topological polar surface area (TPSA) is 70.4 Å². The molecule has 0 aromatic carbocycles. The molecule has 0 aliphatic carbocycles. The molecule has 1 rings (SSSR count). The maximum atomic E-state index is 12.5. The van der Waals surface area contributed by atoms with Gasteiger partial charge in [-0.2, -0.15) is 4.98 Å². The predicted octanol–water partition coefficient (Wildman–Crippen LogP) is 0.834. The summed E-state index contributed by atoms with van der Waals surface area (Å²) in [6.45, 7) is 1.16. The molecule has 64 valence electrons. The summed E-state index contributed by atoms with van der Waals surface area (Å²) >= 11 is 0. The monoisotopic (exact) mass is 171 g/mol. The van der Waals surface area contributed by atoms with Crippen molar-refractivity contribution in [3.63, 3.8) is 0 Å². The van der Waals surface area contributed by atoms with E-state index in [1.807, 2.05) is 0 Å². The molecular weight excluding hydrogens is 165 g/mol. The highest BCUT2D eigenvalue weighted by Crippen LogP contribution is 2.21. The highest BCUT2D eigenvalue weighted by Gasteiger charge is 2.12. The molecule has 4 nitrogen and oxygen atoms in total. The second-order valence-electron chi connectivity index (χ2n) is 2.22. The largest absolute Gasteiger partial charge is 0.493 e. The first-order valence-corrected chi connectivity index (χ1v) is 3.11. The van der Waals surface area contributed by atoms with Crippen molar-refractivity contribution in [1.82, 2.24) is 4.98 Å². The minimum absolute atomic E-state index is 0.245. The smallest absolute Gasteiger partial charge is 0.251 e. The molecule has 0 spiro atoms. The molecule has 0 saturated carbocycles. The second kappa shape index (κ2) is 2.77. The minimum Gasteiger partial charge on any atom is -0.493 e. The fourth-order valence-electron chi connectivity index (χ4n) is 0.729. The van der Waals surface area contributed by atoms with E-state index >= 15 is 0 Å². The van der Waals surface area contributed by atoms with Crippen LogP contribution in [0.15, 0.2) is 6.07 Å².